The second kappa shape index (κ2) is 6.83. The standard InChI is InChI=1S/C21H18ClN3O2/c22-17-6-4-14(5-7-17)21-23-10-16-12-25(9-8-18(16)24-21)11-15-2-1-3-19-20(15)27-13-26-19/h1-7,10H,8-9,11-13H2. The molecule has 3 heterocycles. The first-order valence-corrected chi connectivity index (χ1v) is 9.34. The number of hydrogen-bond acceptors (Lipinski definition) is 5. The lowest BCUT2D eigenvalue weighted by Gasteiger charge is -2.28. The molecule has 2 aromatic carbocycles. The molecule has 0 atom stereocenters. The summed E-state index contributed by atoms with van der Waals surface area (Å²) in [6.07, 6.45) is 2.86. The number of aromatic nitrogens is 2. The van der Waals surface area contributed by atoms with Crippen molar-refractivity contribution >= 4 is 11.6 Å². The highest BCUT2D eigenvalue weighted by Crippen LogP contribution is 2.36. The van der Waals surface area contributed by atoms with Gasteiger partial charge in [-0.2, -0.15) is 0 Å². The first kappa shape index (κ1) is 16.5. The predicted octanol–water partition coefficient (Wildman–Crippen LogP) is 4.08. The van der Waals surface area contributed by atoms with Gasteiger partial charge in [-0.05, 0) is 30.3 Å². The molecule has 136 valence electrons. The van der Waals surface area contributed by atoms with E-state index in [0.717, 1.165) is 60.2 Å². The highest BCUT2D eigenvalue weighted by Gasteiger charge is 2.22. The third-order valence-electron chi connectivity index (χ3n) is 4.99. The van der Waals surface area contributed by atoms with Crippen molar-refractivity contribution in [3.8, 4) is 22.9 Å². The van der Waals surface area contributed by atoms with Crippen molar-refractivity contribution in [2.45, 2.75) is 19.5 Å². The second-order valence-electron chi connectivity index (χ2n) is 6.78. The number of benzene rings is 2. The van der Waals surface area contributed by atoms with E-state index in [1.165, 1.54) is 5.56 Å². The van der Waals surface area contributed by atoms with E-state index in [1.54, 1.807) is 0 Å². The van der Waals surface area contributed by atoms with Crippen molar-refractivity contribution in [2.75, 3.05) is 13.3 Å². The largest absolute Gasteiger partial charge is 0.454 e. The molecular weight excluding hydrogens is 362 g/mol. The van der Waals surface area contributed by atoms with Gasteiger partial charge in [-0.3, -0.25) is 4.90 Å². The molecule has 0 bridgehead atoms. The molecule has 27 heavy (non-hydrogen) atoms. The third kappa shape index (κ3) is 3.24. The van der Waals surface area contributed by atoms with Crippen LogP contribution in [0.15, 0.2) is 48.7 Å². The monoisotopic (exact) mass is 379 g/mol. The summed E-state index contributed by atoms with van der Waals surface area (Å²) in [6.45, 7) is 2.91. The van der Waals surface area contributed by atoms with Crippen molar-refractivity contribution in [3.63, 3.8) is 0 Å². The molecule has 6 heteroatoms. The van der Waals surface area contributed by atoms with E-state index < -0.39 is 0 Å². The van der Waals surface area contributed by atoms with Gasteiger partial charge < -0.3 is 9.47 Å². The number of hydrogen-bond donors (Lipinski definition) is 0. The Labute approximate surface area is 162 Å². The smallest absolute Gasteiger partial charge is 0.231 e. The molecular formula is C21H18ClN3O2. The van der Waals surface area contributed by atoms with Crippen molar-refractivity contribution < 1.29 is 9.47 Å². The lowest BCUT2D eigenvalue weighted by atomic mass is 10.1. The van der Waals surface area contributed by atoms with Gasteiger partial charge >= 0.3 is 0 Å². The van der Waals surface area contributed by atoms with Crippen molar-refractivity contribution in [3.05, 3.63) is 70.5 Å². The molecule has 0 saturated heterocycles. The van der Waals surface area contributed by atoms with E-state index in [-0.39, 0.29) is 0 Å². The molecule has 2 aliphatic heterocycles. The minimum absolute atomic E-state index is 0.302. The fraction of sp³-hybridized carbons (Fsp3) is 0.238. The summed E-state index contributed by atoms with van der Waals surface area (Å²) >= 11 is 5.97. The van der Waals surface area contributed by atoms with E-state index in [1.807, 2.05) is 42.6 Å². The maximum Gasteiger partial charge on any atom is 0.231 e. The van der Waals surface area contributed by atoms with Crippen LogP contribution >= 0.6 is 11.6 Å². The van der Waals surface area contributed by atoms with Crippen molar-refractivity contribution in [2.24, 2.45) is 0 Å². The van der Waals surface area contributed by atoms with Crippen LogP contribution in [0.25, 0.3) is 11.4 Å². The van der Waals surface area contributed by atoms with Crippen LogP contribution < -0.4 is 9.47 Å². The van der Waals surface area contributed by atoms with Gasteiger partial charge in [0, 0.05) is 54.0 Å². The molecule has 3 aromatic rings. The van der Waals surface area contributed by atoms with Crippen LogP contribution in [-0.2, 0) is 19.5 Å². The molecule has 0 saturated carbocycles. The highest BCUT2D eigenvalue weighted by atomic mass is 35.5. The summed E-state index contributed by atoms with van der Waals surface area (Å²) in [7, 11) is 0. The zero-order valence-corrected chi connectivity index (χ0v) is 15.4. The summed E-state index contributed by atoms with van der Waals surface area (Å²) in [5.74, 6) is 2.46. The van der Waals surface area contributed by atoms with Gasteiger partial charge in [0.05, 0.1) is 5.69 Å². The number of ether oxygens (including phenoxy) is 2. The maximum absolute atomic E-state index is 5.97. The molecule has 5 rings (SSSR count). The maximum atomic E-state index is 5.97. The number of rotatable bonds is 3. The average Bonchev–Trinajstić information content (AvgIpc) is 3.18. The quantitative estimate of drug-likeness (QED) is 0.686. The van der Waals surface area contributed by atoms with Crippen LogP contribution in [0.3, 0.4) is 0 Å². The summed E-state index contributed by atoms with van der Waals surface area (Å²) in [5, 5.41) is 0.717. The van der Waals surface area contributed by atoms with Gasteiger partial charge in [0.15, 0.2) is 17.3 Å². The van der Waals surface area contributed by atoms with Crippen molar-refractivity contribution in [1.82, 2.24) is 14.9 Å². The van der Waals surface area contributed by atoms with E-state index in [9.17, 15) is 0 Å². The molecule has 0 radical (unpaired) electrons. The average molecular weight is 380 g/mol. The number of fused-ring (bicyclic) bond motifs is 2. The second-order valence-corrected chi connectivity index (χ2v) is 7.22. The normalized spacial score (nSPS) is 15.6. The molecule has 0 amide bonds. The predicted molar refractivity (Wildman–Crippen MR) is 103 cm³/mol. The van der Waals surface area contributed by atoms with Crippen LogP contribution in [0, 0.1) is 0 Å². The molecule has 2 aliphatic rings. The van der Waals surface area contributed by atoms with Crippen molar-refractivity contribution in [1.29, 1.82) is 0 Å². The number of nitrogens with zero attached hydrogens (tertiary/aromatic N) is 3. The highest BCUT2D eigenvalue weighted by molar-refractivity contribution is 6.30. The van der Waals surface area contributed by atoms with Gasteiger partial charge in [-0.25, -0.2) is 9.97 Å². The molecule has 0 fully saturated rings. The lowest BCUT2D eigenvalue weighted by molar-refractivity contribution is 0.171. The Morgan fingerprint density at radius 1 is 1.07 bits per heavy atom. The zero-order valence-electron chi connectivity index (χ0n) is 14.7. The Morgan fingerprint density at radius 2 is 1.96 bits per heavy atom. The van der Waals surface area contributed by atoms with Crippen LogP contribution in [0.4, 0.5) is 0 Å². The first-order chi connectivity index (χ1) is 13.3. The Hall–Kier alpha value is -2.63. The minimum atomic E-state index is 0.302. The molecule has 0 spiro atoms. The van der Waals surface area contributed by atoms with E-state index in [4.69, 9.17) is 26.1 Å². The Kier molecular flexibility index (Phi) is 4.19. The van der Waals surface area contributed by atoms with Crippen LogP contribution in [-0.4, -0.2) is 28.2 Å². The van der Waals surface area contributed by atoms with Crippen LogP contribution in [0.1, 0.15) is 16.8 Å². The van der Waals surface area contributed by atoms with Crippen LogP contribution in [0.2, 0.25) is 5.02 Å². The molecule has 0 N–H and O–H groups in total. The topological polar surface area (TPSA) is 47.5 Å². The fourth-order valence-corrected chi connectivity index (χ4v) is 3.73. The molecule has 0 unspecified atom stereocenters. The van der Waals surface area contributed by atoms with E-state index in [0.29, 0.717) is 11.8 Å². The summed E-state index contributed by atoms with van der Waals surface area (Å²) in [4.78, 5) is 11.7. The van der Waals surface area contributed by atoms with Gasteiger partial charge in [0.1, 0.15) is 0 Å². The zero-order chi connectivity index (χ0) is 18.2. The Bertz CT molecular complexity index is 991. The minimum Gasteiger partial charge on any atom is -0.454 e. The first-order valence-electron chi connectivity index (χ1n) is 8.97. The summed E-state index contributed by atoms with van der Waals surface area (Å²) in [6, 6.07) is 13.7. The van der Waals surface area contributed by atoms with Gasteiger partial charge in [-0.15, -0.1) is 0 Å². The fourth-order valence-electron chi connectivity index (χ4n) is 3.60. The number of halogens is 1. The van der Waals surface area contributed by atoms with Crippen LogP contribution in [0.5, 0.6) is 11.5 Å². The molecule has 5 nitrogen and oxygen atoms in total. The Balaban J connectivity index is 1.35. The van der Waals surface area contributed by atoms with E-state index in [2.05, 4.69) is 16.0 Å². The SMILES string of the molecule is Clc1ccc(-c2ncc3c(n2)CCN(Cc2cccc4c2OCO4)C3)cc1. The van der Waals surface area contributed by atoms with Gasteiger partial charge in [0.2, 0.25) is 6.79 Å². The number of para-hydroxylation sites is 1. The summed E-state index contributed by atoms with van der Waals surface area (Å²) < 4.78 is 11.1. The van der Waals surface area contributed by atoms with Gasteiger partial charge in [-0.1, -0.05) is 23.7 Å². The summed E-state index contributed by atoms with van der Waals surface area (Å²) in [5.41, 5.74) is 4.46. The van der Waals surface area contributed by atoms with Gasteiger partial charge in [0.25, 0.3) is 0 Å². The molecule has 0 aliphatic carbocycles. The van der Waals surface area contributed by atoms with E-state index >= 15 is 0 Å². The lowest BCUT2D eigenvalue weighted by Crippen LogP contribution is -2.31. The third-order valence-corrected chi connectivity index (χ3v) is 5.24. The Morgan fingerprint density at radius 3 is 2.85 bits per heavy atom. The molecule has 1 aromatic heterocycles.